The molecular weight excluding hydrogens is 184 g/mol. The topological polar surface area (TPSA) is 38.2 Å². The molecule has 0 saturated carbocycles. The van der Waals surface area contributed by atoms with E-state index in [4.69, 9.17) is 0 Å². The van der Waals surface area contributed by atoms with Gasteiger partial charge in [0.2, 0.25) is 0 Å². The highest BCUT2D eigenvalue weighted by molar-refractivity contribution is 5.95. The third-order valence-electron chi connectivity index (χ3n) is 2.55. The van der Waals surface area contributed by atoms with Crippen LogP contribution in [-0.4, -0.2) is 14.1 Å². The van der Waals surface area contributed by atoms with Gasteiger partial charge in [-0.1, -0.05) is 36.4 Å². The Balaban J connectivity index is 0.00000112. The quantitative estimate of drug-likeness (QED) is 0.769. The lowest BCUT2D eigenvalue weighted by molar-refractivity contribution is 1.13. The normalized spacial score (nSPS) is 9.80. The third-order valence-corrected chi connectivity index (χ3v) is 2.55. The van der Waals surface area contributed by atoms with E-state index in [1.165, 1.54) is 22.0 Å². The second-order valence-electron chi connectivity index (χ2n) is 3.85. The highest BCUT2D eigenvalue weighted by atomic mass is 15.1. The van der Waals surface area contributed by atoms with Crippen molar-refractivity contribution < 1.29 is 0 Å². The average Bonchev–Trinajstić information content (AvgIpc) is 2.17. The molecule has 0 unspecified atom stereocenters. The van der Waals surface area contributed by atoms with E-state index in [0.29, 0.717) is 0 Å². The van der Waals surface area contributed by atoms with Crippen molar-refractivity contribution >= 4 is 16.5 Å². The fourth-order valence-electron chi connectivity index (χ4n) is 1.96. The van der Waals surface area contributed by atoms with Crippen LogP contribution < -0.4 is 11.1 Å². The van der Waals surface area contributed by atoms with Crippen molar-refractivity contribution in [3.63, 3.8) is 0 Å². The molecule has 0 radical (unpaired) electrons. The van der Waals surface area contributed by atoms with E-state index in [0.717, 1.165) is 0 Å². The highest BCUT2D eigenvalue weighted by Crippen LogP contribution is 2.28. The molecule has 0 amide bonds. The SMILES string of the molecule is Cc1ccc2ccccc2c1N(C)C.N. The predicted molar refractivity (Wildman–Crippen MR) is 68.0 cm³/mol. The van der Waals surface area contributed by atoms with Gasteiger partial charge in [0.15, 0.2) is 0 Å². The number of nitrogens with zero attached hydrogens (tertiary/aromatic N) is 1. The molecule has 0 aliphatic heterocycles. The Morgan fingerprint density at radius 1 is 0.933 bits per heavy atom. The first-order chi connectivity index (χ1) is 6.70. The molecule has 3 N–H and O–H groups in total. The number of aryl methyl sites for hydroxylation is 1. The standard InChI is InChI=1S/C13H15N.H3N/c1-10-8-9-11-6-4-5-7-12(11)13(10)14(2)3;/h4-9H,1-3H3;1H3. The van der Waals surface area contributed by atoms with Crippen LogP contribution in [0.4, 0.5) is 5.69 Å². The smallest absolute Gasteiger partial charge is 0.0470 e. The molecule has 2 rings (SSSR count). The van der Waals surface area contributed by atoms with Crippen LogP contribution in [0.5, 0.6) is 0 Å². The molecule has 0 aliphatic rings. The van der Waals surface area contributed by atoms with Gasteiger partial charge in [-0.15, -0.1) is 0 Å². The maximum Gasteiger partial charge on any atom is 0.0470 e. The van der Waals surface area contributed by atoms with Gasteiger partial charge in [0.1, 0.15) is 0 Å². The second-order valence-corrected chi connectivity index (χ2v) is 3.85. The Labute approximate surface area is 91.1 Å². The van der Waals surface area contributed by atoms with Crippen LogP contribution in [0, 0.1) is 6.92 Å². The Morgan fingerprint density at radius 3 is 2.27 bits per heavy atom. The Kier molecular flexibility index (Phi) is 3.32. The molecule has 2 heteroatoms. The first-order valence-electron chi connectivity index (χ1n) is 4.86. The van der Waals surface area contributed by atoms with Crippen molar-refractivity contribution in [3.05, 3.63) is 42.0 Å². The van der Waals surface area contributed by atoms with Crippen molar-refractivity contribution in [2.75, 3.05) is 19.0 Å². The summed E-state index contributed by atoms with van der Waals surface area (Å²) in [6.07, 6.45) is 0. The lowest BCUT2D eigenvalue weighted by Gasteiger charge is -2.18. The summed E-state index contributed by atoms with van der Waals surface area (Å²) in [5.41, 5.74) is 2.65. The summed E-state index contributed by atoms with van der Waals surface area (Å²) in [5, 5.41) is 2.64. The largest absolute Gasteiger partial charge is 0.377 e. The molecule has 0 aliphatic carbocycles. The molecule has 2 nitrogen and oxygen atoms in total. The van der Waals surface area contributed by atoms with Crippen LogP contribution in [0.3, 0.4) is 0 Å². The van der Waals surface area contributed by atoms with Crippen molar-refractivity contribution in [3.8, 4) is 0 Å². The molecule has 2 aromatic rings. The van der Waals surface area contributed by atoms with Crippen LogP contribution in [0.15, 0.2) is 36.4 Å². The third kappa shape index (κ3) is 1.95. The van der Waals surface area contributed by atoms with Gasteiger partial charge in [-0.3, -0.25) is 0 Å². The Bertz CT molecular complexity index is 461. The summed E-state index contributed by atoms with van der Waals surface area (Å²) in [6.45, 7) is 2.15. The fourth-order valence-corrected chi connectivity index (χ4v) is 1.96. The van der Waals surface area contributed by atoms with E-state index < -0.39 is 0 Å². The predicted octanol–water partition coefficient (Wildman–Crippen LogP) is 3.38. The van der Waals surface area contributed by atoms with E-state index in [1.54, 1.807) is 0 Å². The van der Waals surface area contributed by atoms with Gasteiger partial charge in [0.25, 0.3) is 0 Å². The lowest BCUT2D eigenvalue weighted by atomic mass is 10.0. The summed E-state index contributed by atoms with van der Waals surface area (Å²) in [5.74, 6) is 0. The van der Waals surface area contributed by atoms with Gasteiger partial charge in [0, 0.05) is 25.2 Å². The second kappa shape index (κ2) is 4.32. The first-order valence-corrected chi connectivity index (χ1v) is 4.86. The number of benzene rings is 2. The van der Waals surface area contributed by atoms with Crippen molar-refractivity contribution in [2.45, 2.75) is 6.92 Å². The summed E-state index contributed by atoms with van der Waals surface area (Å²) in [7, 11) is 4.18. The van der Waals surface area contributed by atoms with Crippen LogP contribution in [0.2, 0.25) is 0 Å². The number of hydrogen-bond acceptors (Lipinski definition) is 2. The van der Waals surface area contributed by atoms with E-state index in [2.05, 4.69) is 62.3 Å². The van der Waals surface area contributed by atoms with Crippen molar-refractivity contribution in [1.82, 2.24) is 6.15 Å². The van der Waals surface area contributed by atoms with Gasteiger partial charge in [0.05, 0.1) is 0 Å². The van der Waals surface area contributed by atoms with E-state index in [-0.39, 0.29) is 6.15 Å². The Morgan fingerprint density at radius 2 is 1.60 bits per heavy atom. The van der Waals surface area contributed by atoms with E-state index >= 15 is 0 Å². The van der Waals surface area contributed by atoms with Gasteiger partial charge in [-0.2, -0.15) is 0 Å². The molecule has 0 spiro atoms. The zero-order valence-corrected chi connectivity index (χ0v) is 9.62. The minimum absolute atomic E-state index is 0. The average molecular weight is 202 g/mol. The highest BCUT2D eigenvalue weighted by Gasteiger charge is 2.04. The van der Waals surface area contributed by atoms with Gasteiger partial charge >= 0.3 is 0 Å². The van der Waals surface area contributed by atoms with Crippen molar-refractivity contribution in [2.24, 2.45) is 0 Å². The van der Waals surface area contributed by atoms with Gasteiger partial charge in [-0.25, -0.2) is 0 Å². The first kappa shape index (κ1) is 11.5. The molecule has 80 valence electrons. The number of hydrogen-bond donors (Lipinski definition) is 1. The lowest BCUT2D eigenvalue weighted by Crippen LogP contribution is -2.10. The number of rotatable bonds is 1. The molecule has 2 aromatic carbocycles. The number of anilines is 1. The molecule has 0 bridgehead atoms. The minimum Gasteiger partial charge on any atom is -0.377 e. The summed E-state index contributed by atoms with van der Waals surface area (Å²) >= 11 is 0. The van der Waals surface area contributed by atoms with Crippen molar-refractivity contribution in [1.29, 1.82) is 0 Å². The van der Waals surface area contributed by atoms with Crippen LogP contribution in [-0.2, 0) is 0 Å². The molecule has 0 heterocycles. The molecule has 0 atom stereocenters. The maximum atomic E-state index is 2.18. The van der Waals surface area contributed by atoms with Gasteiger partial charge in [-0.05, 0) is 17.9 Å². The van der Waals surface area contributed by atoms with E-state index in [1.807, 2.05) is 0 Å². The van der Waals surface area contributed by atoms with Crippen LogP contribution >= 0.6 is 0 Å². The number of fused-ring (bicyclic) bond motifs is 1. The maximum absolute atomic E-state index is 2.18. The van der Waals surface area contributed by atoms with Gasteiger partial charge < -0.3 is 11.1 Å². The summed E-state index contributed by atoms with van der Waals surface area (Å²) in [4.78, 5) is 2.18. The zero-order valence-electron chi connectivity index (χ0n) is 9.62. The fraction of sp³-hybridized carbons (Fsp3) is 0.231. The molecule has 15 heavy (non-hydrogen) atoms. The summed E-state index contributed by atoms with van der Waals surface area (Å²) < 4.78 is 0. The monoisotopic (exact) mass is 202 g/mol. The summed E-state index contributed by atoms with van der Waals surface area (Å²) in [6, 6.07) is 12.9. The van der Waals surface area contributed by atoms with E-state index in [9.17, 15) is 0 Å². The molecule has 0 saturated heterocycles. The molecule has 0 aromatic heterocycles. The van der Waals surface area contributed by atoms with Crippen LogP contribution in [0.1, 0.15) is 5.56 Å². The molecular formula is C13H18N2. The molecule has 0 fully saturated rings. The minimum atomic E-state index is 0. The zero-order chi connectivity index (χ0) is 10.1. The Hall–Kier alpha value is -1.54. The van der Waals surface area contributed by atoms with Crippen LogP contribution in [0.25, 0.3) is 10.8 Å².